The molecule has 0 heterocycles. The van der Waals surface area contributed by atoms with Gasteiger partial charge < -0.3 is 40.2 Å². The minimum atomic E-state index is -2.50. The smallest absolute Gasteiger partial charge is 0.547 e. The van der Waals surface area contributed by atoms with Crippen LogP contribution in [0.15, 0.2) is 0 Å². The maximum atomic E-state index is 9.96. The first-order chi connectivity index (χ1) is 6.29. The molecule has 0 saturated carbocycles. The first-order valence-electron chi connectivity index (χ1n) is 3.43. The summed E-state index contributed by atoms with van der Waals surface area (Å²) in [6.07, 6.45) is -9.76. The minimum absolute atomic E-state index is 0. The van der Waals surface area contributed by atoms with Crippen molar-refractivity contribution >= 4 is 11.9 Å². The van der Waals surface area contributed by atoms with Crippen molar-refractivity contribution in [3.05, 3.63) is 0 Å². The molecule has 0 amide bonds. The molecule has 0 aromatic heterocycles. The van der Waals surface area contributed by atoms with Crippen LogP contribution in [-0.4, -0.2) is 56.8 Å². The highest BCUT2D eigenvalue weighted by Crippen LogP contribution is 2.04. The number of carbonyl (C=O) groups is 2. The number of aliphatic hydroxyl groups excluding tert-OH is 4. The predicted molar refractivity (Wildman–Crippen MR) is 35.2 cm³/mol. The molecule has 4 atom stereocenters. The quantitative estimate of drug-likeness (QED) is 0.348. The molecule has 0 unspecified atom stereocenters. The highest BCUT2D eigenvalue weighted by atomic mass is 16.4. The average Bonchev–Trinajstić information content (AvgIpc) is 2.12. The minimum Gasteiger partial charge on any atom is -0.547 e. The summed E-state index contributed by atoms with van der Waals surface area (Å²) in [7, 11) is 0. The van der Waals surface area contributed by atoms with Gasteiger partial charge in [0, 0.05) is 0 Å². The summed E-state index contributed by atoms with van der Waals surface area (Å²) in [5.41, 5.74) is 0. The van der Waals surface area contributed by atoms with Gasteiger partial charge in [-0.3, -0.25) is 0 Å². The molecule has 0 fully saturated rings. The Morgan fingerprint density at radius 3 is 1.21 bits per heavy atom. The molecule has 0 aromatic carbocycles. The number of carbonyl (C=O) groups excluding carboxylic acids is 2. The van der Waals surface area contributed by atoms with E-state index in [1.165, 1.54) is 0 Å². The second kappa shape index (κ2) is 4.86. The Bertz CT molecular complexity index is 207. The van der Waals surface area contributed by atoms with E-state index in [2.05, 4.69) is 0 Å². The fraction of sp³-hybridized carbons (Fsp3) is 0.667. The van der Waals surface area contributed by atoms with E-state index in [0.29, 0.717) is 0 Å². The van der Waals surface area contributed by atoms with Crippen molar-refractivity contribution in [3.8, 4) is 0 Å². The molecular weight excluding hydrogens is 200 g/mol. The predicted octanol–water partition coefficient (Wildman–Crippen LogP) is -5.96. The second-order valence-electron chi connectivity index (χ2n) is 2.51. The molecule has 8 nitrogen and oxygen atoms in total. The van der Waals surface area contributed by atoms with Gasteiger partial charge in [-0.2, -0.15) is 0 Å². The summed E-state index contributed by atoms with van der Waals surface area (Å²) in [6.45, 7) is 0. The van der Waals surface area contributed by atoms with E-state index in [9.17, 15) is 19.8 Å². The van der Waals surface area contributed by atoms with Gasteiger partial charge in [0.2, 0.25) is 0 Å². The molecule has 0 aliphatic rings. The lowest BCUT2D eigenvalue weighted by molar-refractivity contribution is -0.327. The van der Waals surface area contributed by atoms with Crippen LogP contribution in [0.3, 0.4) is 0 Å². The Balaban J connectivity index is 0. The highest BCUT2D eigenvalue weighted by Gasteiger charge is 2.31. The number of hydrogen-bond acceptors (Lipinski definition) is 8. The molecule has 4 N–H and O–H groups in total. The topological polar surface area (TPSA) is 161 Å². The number of rotatable bonds is 5. The Morgan fingerprint density at radius 1 is 0.857 bits per heavy atom. The number of aliphatic hydroxyl groups is 4. The van der Waals surface area contributed by atoms with Gasteiger partial charge in [-0.1, -0.05) is 0 Å². The van der Waals surface area contributed by atoms with E-state index >= 15 is 0 Å². The normalized spacial score (nSPS) is 19.4. The van der Waals surface area contributed by atoms with Crippen LogP contribution in [-0.2, 0) is 9.59 Å². The Kier molecular flexibility index (Phi) is 4.44. The fourth-order valence-corrected chi connectivity index (χ4v) is 0.652. The van der Waals surface area contributed by atoms with Crippen LogP contribution < -0.4 is 10.2 Å². The van der Waals surface area contributed by atoms with Crippen molar-refractivity contribution in [1.82, 2.24) is 0 Å². The Labute approximate surface area is 79.1 Å². The molecule has 0 radical (unpaired) electrons. The lowest BCUT2D eigenvalue weighted by atomic mass is 10.0. The summed E-state index contributed by atoms with van der Waals surface area (Å²) < 4.78 is 0. The van der Waals surface area contributed by atoms with Crippen molar-refractivity contribution in [2.24, 2.45) is 0 Å². The third kappa shape index (κ3) is 2.92. The van der Waals surface area contributed by atoms with Crippen LogP contribution in [0, 0.1) is 0 Å². The molecule has 0 aliphatic carbocycles. The summed E-state index contributed by atoms with van der Waals surface area (Å²) >= 11 is 0. The first-order valence-corrected chi connectivity index (χ1v) is 3.43. The first kappa shape index (κ1) is 12.8. The van der Waals surface area contributed by atoms with Crippen LogP contribution >= 0.6 is 0 Å². The maximum Gasteiger partial charge on any atom is 1.00 e. The fourth-order valence-electron chi connectivity index (χ4n) is 0.652. The third-order valence-electron chi connectivity index (χ3n) is 1.48. The highest BCUT2D eigenvalue weighted by molar-refractivity contribution is 5.72. The van der Waals surface area contributed by atoms with E-state index in [1.54, 1.807) is 0 Å². The molecular formula is C6H9O8-. The number of carboxylic acid groups (broad SMARTS) is 2. The van der Waals surface area contributed by atoms with Gasteiger partial charge in [0.15, 0.2) is 0 Å². The van der Waals surface area contributed by atoms with Crippen LogP contribution in [0.4, 0.5) is 0 Å². The second-order valence-corrected chi connectivity index (χ2v) is 2.51. The maximum absolute atomic E-state index is 9.96. The van der Waals surface area contributed by atoms with Gasteiger partial charge in [0.1, 0.15) is 24.4 Å². The van der Waals surface area contributed by atoms with Crippen LogP contribution in [0.2, 0.25) is 0 Å². The molecule has 14 heavy (non-hydrogen) atoms. The Hall–Kier alpha value is -1.22. The third-order valence-corrected chi connectivity index (χ3v) is 1.48. The molecule has 8 heteroatoms. The van der Waals surface area contributed by atoms with Gasteiger partial charge in [-0.15, -0.1) is 0 Å². The number of hydrogen-bond donors (Lipinski definition) is 4. The zero-order chi connectivity index (χ0) is 11.5. The van der Waals surface area contributed by atoms with E-state index < -0.39 is 36.4 Å². The SMILES string of the molecule is O=C([O-])[C@@H](O)[C@H](O)[C@H](O)[C@H](O)C(=O)[O-].[H+]. The lowest BCUT2D eigenvalue weighted by Crippen LogP contribution is -2.55. The van der Waals surface area contributed by atoms with Crippen molar-refractivity contribution < 1.29 is 41.7 Å². The molecule has 82 valence electrons. The van der Waals surface area contributed by atoms with Gasteiger partial charge in [-0.05, 0) is 0 Å². The average molecular weight is 209 g/mol. The van der Waals surface area contributed by atoms with E-state index in [1.807, 2.05) is 0 Å². The van der Waals surface area contributed by atoms with Crippen molar-refractivity contribution in [2.75, 3.05) is 0 Å². The molecule has 0 rings (SSSR count). The van der Waals surface area contributed by atoms with Gasteiger partial charge >= 0.3 is 1.43 Å². The number of carboxylic acids is 2. The van der Waals surface area contributed by atoms with E-state index in [0.717, 1.165) is 0 Å². The summed E-state index contributed by atoms with van der Waals surface area (Å²) in [5.74, 6) is -4.22. The monoisotopic (exact) mass is 209 g/mol. The lowest BCUT2D eigenvalue weighted by Gasteiger charge is -2.27. The zero-order valence-electron chi connectivity index (χ0n) is 7.73. The van der Waals surface area contributed by atoms with Crippen molar-refractivity contribution in [3.63, 3.8) is 0 Å². The zero-order valence-corrected chi connectivity index (χ0v) is 6.73. The molecule has 0 bridgehead atoms. The standard InChI is InChI=1S/C6H10O8/c7-1(3(9)5(11)12)2(8)4(10)6(13)14/h1-4,7-10H,(H,11,12)(H,13,14)/p-1/t1-,2+,3-,4-/m0/s1. The van der Waals surface area contributed by atoms with Crippen molar-refractivity contribution in [1.29, 1.82) is 0 Å². The summed E-state index contributed by atoms with van der Waals surface area (Å²) in [6, 6.07) is 0. The van der Waals surface area contributed by atoms with E-state index in [4.69, 9.17) is 20.4 Å². The van der Waals surface area contributed by atoms with Crippen molar-refractivity contribution in [2.45, 2.75) is 24.4 Å². The van der Waals surface area contributed by atoms with Crippen LogP contribution in [0.1, 0.15) is 1.43 Å². The van der Waals surface area contributed by atoms with Gasteiger partial charge in [0.05, 0.1) is 11.9 Å². The molecule has 0 aromatic rings. The summed E-state index contributed by atoms with van der Waals surface area (Å²) in [5, 5.41) is 54.7. The Morgan fingerprint density at radius 2 is 1.07 bits per heavy atom. The number of aliphatic carboxylic acids is 2. The molecule has 0 saturated heterocycles. The van der Waals surface area contributed by atoms with Crippen LogP contribution in [0.5, 0.6) is 0 Å². The largest absolute Gasteiger partial charge is 1.00 e. The summed E-state index contributed by atoms with van der Waals surface area (Å²) in [4.78, 5) is 19.9. The molecule has 0 aliphatic heterocycles. The van der Waals surface area contributed by atoms with Gasteiger partial charge in [0.25, 0.3) is 0 Å². The van der Waals surface area contributed by atoms with E-state index in [-0.39, 0.29) is 1.43 Å². The van der Waals surface area contributed by atoms with Gasteiger partial charge in [-0.25, -0.2) is 0 Å². The molecule has 0 spiro atoms. The van der Waals surface area contributed by atoms with Crippen LogP contribution in [0.25, 0.3) is 0 Å².